The summed E-state index contributed by atoms with van der Waals surface area (Å²) >= 11 is 5.90. The molecule has 17 heavy (non-hydrogen) atoms. The highest BCUT2D eigenvalue weighted by molar-refractivity contribution is 6.28. The summed E-state index contributed by atoms with van der Waals surface area (Å²) in [6, 6.07) is 0.466. The lowest BCUT2D eigenvalue weighted by atomic mass is 10.1. The fourth-order valence-electron chi connectivity index (χ4n) is 2.89. The van der Waals surface area contributed by atoms with Crippen molar-refractivity contribution in [3.05, 3.63) is 17.0 Å². The van der Waals surface area contributed by atoms with E-state index in [1.54, 1.807) is 6.20 Å². The molecule has 2 fully saturated rings. The van der Waals surface area contributed by atoms with Crippen LogP contribution in [0.5, 0.6) is 0 Å². The maximum atomic E-state index is 5.90. The third kappa shape index (κ3) is 2.00. The fourth-order valence-corrected chi connectivity index (χ4v) is 3.02. The molecular weight excluding hydrogens is 238 g/mol. The van der Waals surface area contributed by atoms with E-state index in [1.807, 2.05) is 6.92 Å². The molecule has 0 radical (unpaired) electrons. The van der Waals surface area contributed by atoms with Crippen LogP contribution >= 0.6 is 11.6 Å². The van der Waals surface area contributed by atoms with E-state index in [-0.39, 0.29) is 0 Å². The van der Waals surface area contributed by atoms with Crippen LogP contribution in [0.1, 0.15) is 24.8 Å². The minimum absolute atomic E-state index is 0.326. The molecule has 0 amide bonds. The number of aryl methyl sites for hydroxylation is 1. The summed E-state index contributed by atoms with van der Waals surface area (Å²) in [6.07, 6.45) is 5.76. The van der Waals surface area contributed by atoms with Crippen molar-refractivity contribution in [1.82, 2.24) is 9.97 Å². The zero-order chi connectivity index (χ0) is 11.8. The van der Waals surface area contributed by atoms with Gasteiger partial charge in [0, 0.05) is 18.3 Å². The van der Waals surface area contributed by atoms with Gasteiger partial charge in [0.15, 0.2) is 0 Å². The molecule has 1 aliphatic carbocycles. The Kier molecular flexibility index (Phi) is 2.92. The van der Waals surface area contributed by atoms with Crippen LogP contribution in [0.3, 0.4) is 0 Å². The number of fused-ring (bicyclic) bond motifs is 1. The molecule has 0 aromatic carbocycles. The lowest BCUT2D eigenvalue weighted by molar-refractivity contribution is 0.0252. The number of aromatic nitrogens is 2. The number of morpholine rings is 1. The van der Waals surface area contributed by atoms with Crippen molar-refractivity contribution in [2.75, 3.05) is 18.1 Å². The molecule has 1 aromatic rings. The highest BCUT2D eigenvalue weighted by atomic mass is 35.5. The third-order valence-electron chi connectivity index (χ3n) is 3.67. The number of halogens is 1. The normalized spacial score (nSPS) is 28.2. The van der Waals surface area contributed by atoms with E-state index in [9.17, 15) is 0 Å². The minimum atomic E-state index is 0.326. The molecule has 1 aromatic heterocycles. The predicted octanol–water partition coefficient (Wildman–Crippen LogP) is 2.20. The molecule has 2 aliphatic rings. The Morgan fingerprint density at radius 1 is 1.47 bits per heavy atom. The van der Waals surface area contributed by atoms with Gasteiger partial charge in [-0.25, -0.2) is 9.97 Å². The SMILES string of the molecule is Cc1cnc(Cl)nc1N1CCOC2CCCC21. The van der Waals surface area contributed by atoms with E-state index in [0.29, 0.717) is 17.4 Å². The van der Waals surface area contributed by atoms with Crippen LogP contribution in [-0.2, 0) is 4.74 Å². The van der Waals surface area contributed by atoms with Crippen molar-refractivity contribution >= 4 is 17.4 Å². The van der Waals surface area contributed by atoms with Gasteiger partial charge in [-0.2, -0.15) is 0 Å². The van der Waals surface area contributed by atoms with E-state index >= 15 is 0 Å². The Hall–Kier alpha value is -0.870. The molecule has 1 saturated carbocycles. The molecule has 4 nitrogen and oxygen atoms in total. The summed E-state index contributed by atoms with van der Waals surface area (Å²) in [5.74, 6) is 0.977. The first-order valence-corrected chi connectivity index (χ1v) is 6.51. The summed E-state index contributed by atoms with van der Waals surface area (Å²) in [6.45, 7) is 3.71. The molecule has 0 N–H and O–H groups in total. The number of rotatable bonds is 1. The molecule has 0 spiro atoms. The van der Waals surface area contributed by atoms with Crippen LogP contribution in [0.25, 0.3) is 0 Å². The molecule has 92 valence electrons. The second-order valence-electron chi connectivity index (χ2n) is 4.75. The van der Waals surface area contributed by atoms with Crippen molar-refractivity contribution in [2.45, 2.75) is 38.3 Å². The highest BCUT2D eigenvalue weighted by Gasteiger charge is 2.37. The second-order valence-corrected chi connectivity index (χ2v) is 5.08. The van der Waals surface area contributed by atoms with E-state index in [0.717, 1.165) is 24.5 Å². The first kappa shape index (κ1) is 11.2. The quantitative estimate of drug-likeness (QED) is 0.720. The molecule has 2 heterocycles. The Morgan fingerprint density at radius 2 is 2.35 bits per heavy atom. The van der Waals surface area contributed by atoms with Crippen molar-refractivity contribution in [2.24, 2.45) is 0 Å². The first-order chi connectivity index (χ1) is 8.25. The lowest BCUT2D eigenvalue weighted by Crippen LogP contribution is -2.49. The summed E-state index contributed by atoms with van der Waals surface area (Å²) in [5.41, 5.74) is 1.09. The van der Waals surface area contributed by atoms with Gasteiger partial charge in [0.2, 0.25) is 5.28 Å². The topological polar surface area (TPSA) is 38.2 Å². The Balaban J connectivity index is 1.94. The number of hydrogen-bond acceptors (Lipinski definition) is 4. The third-order valence-corrected chi connectivity index (χ3v) is 3.85. The van der Waals surface area contributed by atoms with Crippen LogP contribution < -0.4 is 4.90 Å². The Bertz CT molecular complexity index is 426. The van der Waals surface area contributed by atoms with Crippen LogP contribution in [0.15, 0.2) is 6.20 Å². The van der Waals surface area contributed by atoms with Crippen molar-refractivity contribution in [3.63, 3.8) is 0 Å². The monoisotopic (exact) mass is 253 g/mol. The van der Waals surface area contributed by atoms with Crippen molar-refractivity contribution in [3.8, 4) is 0 Å². The zero-order valence-electron chi connectivity index (χ0n) is 9.90. The van der Waals surface area contributed by atoms with Gasteiger partial charge in [-0.1, -0.05) is 0 Å². The summed E-state index contributed by atoms with van der Waals surface area (Å²) < 4.78 is 5.81. The minimum Gasteiger partial charge on any atom is -0.374 e. The molecule has 1 aliphatic heterocycles. The van der Waals surface area contributed by atoms with Gasteiger partial charge in [-0.05, 0) is 37.8 Å². The maximum Gasteiger partial charge on any atom is 0.224 e. The summed E-state index contributed by atoms with van der Waals surface area (Å²) in [5, 5.41) is 0.326. The summed E-state index contributed by atoms with van der Waals surface area (Å²) in [4.78, 5) is 10.7. The molecule has 2 unspecified atom stereocenters. The largest absolute Gasteiger partial charge is 0.374 e. The summed E-state index contributed by atoms with van der Waals surface area (Å²) in [7, 11) is 0. The van der Waals surface area contributed by atoms with Crippen molar-refractivity contribution < 1.29 is 4.74 Å². The zero-order valence-corrected chi connectivity index (χ0v) is 10.7. The molecule has 1 saturated heterocycles. The number of hydrogen-bond donors (Lipinski definition) is 0. The highest BCUT2D eigenvalue weighted by Crippen LogP contribution is 2.33. The van der Waals surface area contributed by atoms with Crippen LogP contribution in [0.2, 0.25) is 5.28 Å². The predicted molar refractivity (Wildman–Crippen MR) is 66.5 cm³/mol. The fraction of sp³-hybridized carbons (Fsp3) is 0.667. The number of anilines is 1. The van der Waals surface area contributed by atoms with Gasteiger partial charge >= 0.3 is 0 Å². The van der Waals surface area contributed by atoms with E-state index < -0.39 is 0 Å². The average Bonchev–Trinajstić information content (AvgIpc) is 2.80. The lowest BCUT2D eigenvalue weighted by Gasteiger charge is -2.39. The smallest absolute Gasteiger partial charge is 0.224 e. The molecule has 0 bridgehead atoms. The Labute approximate surface area is 106 Å². The number of nitrogens with zero attached hydrogens (tertiary/aromatic N) is 3. The van der Waals surface area contributed by atoms with Crippen LogP contribution in [-0.4, -0.2) is 35.3 Å². The standard InChI is InChI=1S/C12H16ClN3O/c1-8-7-14-12(13)15-11(8)16-5-6-17-10-4-2-3-9(10)16/h7,9-10H,2-6H2,1H3. The van der Waals surface area contributed by atoms with Gasteiger partial charge in [0.25, 0.3) is 0 Å². The molecule has 2 atom stereocenters. The van der Waals surface area contributed by atoms with Gasteiger partial charge in [0.1, 0.15) is 5.82 Å². The van der Waals surface area contributed by atoms with E-state index in [4.69, 9.17) is 16.3 Å². The average molecular weight is 254 g/mol. The van der Waals surface area contributed by atoms with Gasteiger partial charge in [0.05, 0.1) is 18.8 Å². The van der Waals surface area contributed by atoms with E-state index in [1.165, 1.54) is 19.3 Å². The molecule has 3 rings (SSSR count). The van der Waals surface area contributed by atoms with E-state index in [2.05, 4.69) is 14.9 Å². The molecule has 5 heteroatoms. The van der Waals surface area contributed by atoms with Gasteiger partial charge in [-0.15, -0.1) is 0 Å². The van der Waals surface area contributed by atoms with Gasteiger partial charge < -0.3 is 9.64 Å². The van der Waals surface area contributed by atoms with Crippen LogP contribution in [0, 0.1) is 6.92 Å². The molecular formula is C12H16ClN3O. The first-order valence-electron chi connectivity index (χ1n) is 6.13. The second kappa shape index (κ2) is 4.42. The van der Waals surface area contributed by atoms with Gasteiger partial charge in [-0.3, -0.25) is 0 Å². The van der Waals surface area contributed by atoms with Crippen LogP contribution in [0.4, 0.5) is 5.82 Å². The maximum absolute atomic E-state index is 5.90. The van der Waals surface area contributed by atoms with Crippen molar-refractivity contribution in [1.29, 1.82) is 0 Å². The Morgan fingerprint density at radius 3 is 3.24 bits per heavy atom. The number of ether oxygens (including phenoxy) is 1.